The highest BCUT2D eigenvalue weighted by Gasteiger charge is 2.48. The zero-order valence-electron chi connectivity index (χ0n) is 12.1. The predicted molar refractivity (Wildman–Crippen MR) is 78.2 cm³/mol. The molecule has 19 heavy (non-hydrogen) atoms. The number of benzene rings is 1. The van der Waals surface area contributed by atoms with E-state index in [2.05, 4.69) is 38.1 Å². The normalized spacial score (nSPS) is 31.1. The zero-order chi connectivity index (χ0) is 13.5. The summed E-state index contributed by atoms with van der Waals surface area (Å²) >= 11 is 0. The molecular weight excluding hydrogens is 234 g/mol. The molecule has 2 atom stereocenters. The van der Waals surface area contributed by atoms with Crippen LogP contribution in [0.4, 0.5) is 0 Å². The third-order valence-electron chi connectivity index (χ3n) is 4.66. The van der Waals surface area contributed by atoms with Crippen molar-refractivity contribution in [3.05, 3.63) is 35.4 Å². The number of nitrogens with two attached hydrogens (primary N) is 1. The maximum atomic E-state index is 6.65. The van der Waals surface area contributed by atoms with Crippen LogP contribution in [0.2, 0.25) is 0 Å². The van der Waals surface area contributed by atoms with Crippen LogP contribution < -0.4 is 5.73 Å². The van der Waals surface area contributed by atoms with Crippen LogP contribution in [-0.2, 0) is 11.2 Å². The van der Waals surface area contributed by atoms with Gasteiger partial charge in [-0.1, -0.05) is 38.1 Å². The van der Waals surface area contributed by atoms with E-state index < -0.39 is 0 Å². The molecule has 2 heteroatoms. The van der Waals surface area contributed by atoms with E-state index >= 15 is 0 Å². The van der Waals surface area contributed by atoms with Gasteiger partial charge >= 0.3 is 0 Å². The summed E-state index contributed by atoms with van der Waals surface area (Å²) in [5.41, 5.74) is 9.26. The van der Waals surface area contributed by atoms with E-state index in [0.29, 0.717) is 5.92 Å². The SMILES string of the molecule is CC(C)c1ccc(CC2(N)CCOC2C2CC2)cc1. The summed E-state index contributed by atoms with van der Waals surface area (Å²) in [5.74, 6) is 1.32. The first-order valence-electron chi connectivity index (χ1n) is 7.58. The van der Waals surface area contributed by atoms with Gasteiger partial charge in [-0.15, -0.1) is 0 Å². The highest BCUT2D eigenvalue weighted by molar-refractivity contribution is 5.27. The zero-order valence-corrected chi connectivity index (χ0v) is 12.1. The molecule has 2 N–H and O–H groups in total. The fourth-order valence-corrected chi connectivity index (χ4v) is 3.28. The molecule has 0 spiro atoms. The first kappa shape index (κ1) is 13.1. The molecule has 0 amide bonds. The first-order chi connectivity index (χ1) is 9.08. The minimum Gasteiger partial charge on any atom is -0.376 e. The molecule has 1 saturated carbocycles. The molecule has 2 unspecified atom stereocenters. The second-order valence-electron chi connectivity index (χ2n) is 6.69. The van der Waals surface area contributed by atoms with Crippen molar-refractivity contribution in [3.8, 4) is 0 Å². The monoisotopic (exact) mass is 259 g/mol. The standard InChI is InChI=1S/C17H25NO/c1-12(2)14-5-3-13(4-6-14)11-17(18)9-10-19-16(17)15-7-8-15/h3-6,12,15-16H,7-11,18H2,1-2H3. The first-order valence-corrected chi connectivity index (χ1v) is 7.58. The Balaban J connectivity index is 1.72. The lowest BCUT2D eigenvalue weighted by atomic mass is 9.83. The van der Waals surface area contributed by atoms with Crippen LogP contribution in [-0.4, -0.2) is 18.2 Å². The van der Waals surface area contributed by atoms with Crippen molar-refractivity contribution in [1.29, 1.82) is 0 Å². The van der Waals surface area contributed by atoms with Crippen molar-refractivity contribution >= 4 is 0 Å². The minimum absolute atomic E-state index is 0.138. The van der Waals surface area contributed by atoms with E-state index in [4.69, 9.17) is 10.5 Å². The van der Waals surface area contributed by atoms with Gasteiger partial charge in [-0.3, -0.25) is 0 Å². The summed E-state index contributed by atoms with van der Waals surface area (Å²) in [7, 11) is 0. The Hall–Kier alpha value is -0.860. The van der Waals surface area contributed by atoms with E-state index in [-0.39, 0.29) is 11.6 Å². The molecule has 1 heterocycles. The molecule has 0 aromatic heterocycles. The van der Waals surface area contributed by atoms with Gasteiger partial charge in [-0.05, 0) is 48.6 Å². The summed E-state index contributed by atoms with van der Waals surface area (Å²) in [6.07, 6.45) is 4.84. The van der Waals surface area contributed by atoms with Gasteiger partial charge < -0.3 is 10.5 Å². The molecule has 1 aliphatic carbocycles. The molecule has 1 saturated heterocycles. The second kappa shape index (κ2) is 4.92. The smallest absolute Gasteiger partial charge is 0.0786 e. The Morgan fingerprint density at radius 2 is 1.95 bits per heavy atom. The van der Waals surface area contributed by atoms with Crippen molar-refractivity contribution in [2.75, 3.05) is 6.61 Å². The van der Waals surface area contributed by atoms with Gasteiger partial charge in [0.25, 0.3) is 0 Å². The average Bonchev–Trinajstić information content (AvgIpc) is 3.14. The maximum absolute atomic E-state index is 6.65. The molecule has 1 aromatic carbocycles. The van der Waals surface area contributed by atoms with Gasteiger partial charge in [-0.2, -0.15) is 0 Å². The van der Waals surface area contributed by atoms with Crippen LogP contribution in [0.15, 0.2) is 24.3 Å². The van der Waals surface area contributed by atoms with E-state index in [9.17, 15) is 0 Å². The predicted octanol–water partition coefficient (Wildman–Crippen LogP) is 3.25. The van der Waals surface area contributed by atoms with Crippen molar-refractivity contribution in [2.24, 2.45) is 11.7 Å². The van der Waals surface area contributed by atoms with Crippen LogP contribution in [0.1, 0.15) is 50.2 Å². The average molecular weight is 259 g/mol. The van der Waals surface area contributed by atoms with Crippen molar-refractivity contribution in [3.63, 3.8) is 0 Å². The van der Waals surface area contributed by atoms with Crippen molar-refractivity contribution in [2.45, 2.75) is 57.1 Å². The third-order valence-corrected chi connectivity index (χ3v) is 4.66. The number of ether oxygens (including phenoxy) is 1. The quantitative estimate of drug-likeness (QED) is 0.901. The topological polar surface area (TPSA) is 35.2 Å². The lowest BCUT2D eigenvalue weighted by molar-refractivity contribution is 0.0627. The van der Waals surface area contributed by atoms with Crippen LogP contribution in [0.3, 0.4) is 0 Å². The molecule has 3 rings (SSSR count). The summed E-state index contributed by atoms with van der Waals surface area (Å²) in [4.78, 5) is 0. The van der Waals surface area contributed by atoms with Gasteiger partial charge in [0.2, 0.25) is 0 Å². The Morgan fingerprint density at radius 3 is 2.53 bits per heavy atom. The molecule has 1 aliphatic heterocycles. The van der Waals surface area contributed by atoms with Crippen molar-refractivity contribution < 1.29 is 4.74 Å². The highest BCUT2D eigenvalue weighted by Crippen LogP contribution is 2.43. The third kappa shape index (κ3) is 2.70. The molecule has 0 bridgehead atoms. The minimum atomic E-state index is -0.138. The molecule has 0 radical (unpaired) electrons. The molecule has 2 aliphatic rings. The summed E-state index contributed by atoms with van der Waals surface area (Å²) in [6.45, 7) is 5.29. The lowest BCUT2D eigenvalue weighted by Crippen LogP contribution is -2.50. The van der Waals surface area contributed by atoms with Gasteiger partial charge in [0.1, 0.15) is 0 Å². The van der Waals surface area contributed by atoms with Gasteiger partial charge in [0.15, 0.2) is 0 Å². The molecule has 2 fully saturated rings. The Morgan fingerprint density at radius 1 is 1.26 bits per heavy atom. The van der Waals surface area contributed by atoms with E-state index in [1.165, 1.54) is 24.0 Å². The number of rotatable bonds is 4. The van der Waals surface area contributed by atoms with Crippen LogP contribution in [0, 0.1) is 5.92 Å². The Bertz CT molecular complexity index is 435. The number of hydrogen-bond acceptors (Lipinski definition) is 2. The Labute approximate surface area is 116 Å². The van der Waals surface area contributed by atoms with Gasteiger partial charge in [0, 0.05) is 12.1 Å². The summed E-state index contributed by atoms with van der Waals surface area (Å²) in [6, 6.07) is 8.97. The van der Waals surface area contributed by atoms with E-state index in [0.717, 1.165) is 25.4 Å². The fraction of sp³-hybridized carbons (Fsp3) is 0.647. The highest BCUT2D eigenvalue weighted by atomic mass is 16.5. The van der Waals surface area contributed by atoms with Gasteiger partial charge in [0.05, 0.1) is 6.10 Å². The molecule has 104 valence electrons. The van der Waals surface area contributed by atoms with Gasteiger partial charge in [-0.25, -0.2) is 0 Å². The summed E-state index contributed by atoms with van der Waals surface area (Å²) in [5, 5.41) is 0. The largest absolute Gasteiger partial charge is 0.376 e. The number of hydrogen-bond donors (Lipinski definition) is 1. The van der Waals surface area contributed by atoms with E-state index in [1.54, 1.807) is 0 Å². The van der Waals surface area contributed by atoms with Crippen LogP contribution in [0.25, 0.3) is 0 Å². The molecule has 1 aromatic rings. The fourth-order valence-electron chi connectivity index (χ4n) is 3.28. The van der Waals surface area contributed by atoms with E-state index in [1.807, 2.05) is 0 Å². The Kier molecular flexibility index (Phi) is 3.40. The lowest BCUT2D eigenvalue weighted by Gasteiger charge is -2.30. The second-order valence-corrected chi connectivity index (χ2v) is 6.69. The molecular formula is C17H25NO. The maximum Gasteiger partial charge on any atom is 0.0786 e. The molecule has 2 nitrogen and oxygen atoms in total. The summed E-state index contributed by atoms with van der Waals surface area (Å²) < 4.78 is 5.90. The van der Waals surface area contributed by atoms with Crippen LogP contribution in [0.5, 0.6) is 0 Å². The van der Waals surface area contributed by atoms with Crippen LogP contribution >= 0.6 is 0 Å². The van der Waals surface area contributed by atoms with Crippen molar-refractivity contribution in [1.82, 2.24) is 0 Å².